The lowest BCUT2D eigenvalue weighted by Gasteiger charge is -2.42. The molecule has 1 nitrogen and oxygen atoms in total. The van der Waals surface area contributed by atoms with E-state index in [1.54, 1.807) is 0 Å². The van der Waals surface area contributed by atoms with Crippen molar-refractivity contribution in [3.05, 3.63) is 53.1 Å². The predicted octanol–water partition coefficient (Wildman–Crippen LogP) is 5.26. The van der Waals surface area contributed by atoms with Gasteiger partial charge < -0.3 is 4.74 Å². The van der Waals surface area contributed by atoms with Crippen molar-refractivity contribution in [2.24, 2.45) is 5.92 Å². The summed E-state index contributed by atoms with van der Waals surface area (Å²) >= 11 is 0. The lowest BCUT2D eigenvalue weighted by atomic mass is 9.61. The van der Waals surface area contributed by atoms with Crippen LogP contribution in [0.2, 0.25) is 0 Å². The first-order valence-electron chi connectivity index (χ1n) is 8.18. The van der Waals surface area contributed by atoms with Crippen molar-refractivity contribution in [3.8, 4) is 5.75 Å². The molecule has 2 aliphatic rings. The molecule has 1 aromatic rings. The lowest BCUT2D eigenvalue weighted by molar-refractivity contribution is 0.244. The highest BCUT2D eigenvalue weighted by molar-refractivity contribution is 5.50. The Bertz CT molecular complexity index is 562. The van der Waals surface area contributed by atoms with Gasteiger partial charge in [0.25, 0.3) is 0 Å². The minimum absolute atomic E-state index is 0.226. The summed E-state index contributed by atoms with van der Waals surface area (Å²) in [5, 5.41) is 0. The standard InChI is InChI=1S/C20H26O/c1-15-13-16(2)19(21-3)18(14-15)20(11-7-4-8-12-20)17-9-5-6-10-17/h5-6,9-10,13-14,17H,4,7-8,11-12H2,1-3H3. The lowest BCUT2D eigenvalue weighted by Crippen LogP contribution is -2.36. The van der Waals surface area contributed by atoms with Crippen LogP contribution in [0.3, 0.4) is 0 Å². The molecule has 1 aromatic carbocycles. The Morgan fingerprint density at radius 1 is 1.00 bits per heavy atom. The van der Waals surface area contributed by atoms with Gasteiger partial charge in [0.05, 0.1) is 7.11 Å². The molecule has 3 rings (SSSR count). The molecule has 0 aromatic heterocycles. The van der Waals surface area contributed by atoms with Gasteiger partial charge in [-0.1, -0.05) is 61.3 Å². The summed E-state index contributed by atoms with van der Waals surface area (Å²) in [6, 6.07) is 4.61. The van der Waals surface area contributed by atoms with Crippen LogP contribution in [0, 0.1) is 19.8 Å². The van der Waals surface area contributed by atoms with Crippen molar-refractivity contribution in [3.63, 3.8) is 0 Å². The van der Waals surface area contributed by atoms with E-state index in [0.717, 1.165) is 5.75 Å². The van der Waals surface area contributed by atoms with Gasteiger partial charge in [-0.3, -0.25) is 0 Å². The van der Waals surface area contributed by atoms with Gasteiger partial charge in [0.1, 0.15) is 5.75 Å². The highest BCUT2D eigenvalue weighted by Crippen LogP contribution is 2.51. The minimum Gasteiger partial charge on any atom is -0.496 e. The second-order valence-corrected chi connectivity index (χ2v) is 6.68. The third-order valence-corrected chi connectivity index (χ3v) is 5.29. The highest BCUT2D eigenvalue weighted by Gasteiger charge is 2.41. The Kier molecular flexibility index (Phi) is 3.93. The Morgan fingerprint density at radius 2 is 1.67 bits per heavy atom. The first-order valence-corrected chi connectivity index (χ1v) is 8.18. The summed E-state index contributed by atoms with van der Waals surface area (Å²) in [6.07, 6.45) is 15.7. The topological polar surface area (TPSA) is 9.23 Å². The predicted molar refractivity (Wildman–Crippen MR) is 89.0 cm³/mol. The van der Waals surface area contributed by atoms with E-state index in [0.29, 0.717) is 5.92 Å². The zero-order valence-electron chi connectivity index (χ0n) is 13.5. The van der Waals surface area contributed by atoms with E-state index < -0.39 is 0 Å². The fraction of sp³-hybridized carbons (Fsp3) is 0.500. The zero-order valence-corrected chi connectivity index (χ0v) is 13.5. The summed E-state index contributed by atoms with van der Waals surface area (Å²) in [5.41, 5.74) is 4.27. The third kappa shape index (κ3) is 2.43. The highest BCUT2D eigenvalue weighted by atomic mass is 16.5. The number of hydrogen-bond acceptors (Lipinski definition) is 1. The molecule has 0 saturated heterocycles. The smallest absolute Gasteiger partial charge is 0.125 e. The van der Waals surface area contributed by atoms with Gasteiger partial charge in [-0.15, -0.1) is 0 Å². The van der Waals surface area contributed by atoms with Gasteiger partial charge >= 0.3 is 0 Å². The molecule has 112 valence electrons. The van der Waals surface area contributed by atoms with Crippen molar-refractivity contribution >= 4 is 0 Å². The third-order valence-electron chi connectivity index (χ3n) is 5.29. The Balaban J connectivity index is 2.16. The Hall–Kier alpha value is -1.50. The summed E-state index contributed by atoms with van der Waals surface area (Å²) < 4.78 is 5.82. The molecule has 0 amide bonds. The van der Waals surface area contributed by atoms with E-state index in [-0.39, 0.29) is 5.41 Å². The van der Waals surface area contributed by atoms with Crippen LogP contribution in [0.15, 0.2) is 36.4 Å². The number of methoxy groups -OCH3 is 1. The van der Waals surface area contributed by atoms with Gasteiger partial charge in [-0.2, -0.15) is 0 Å². The fourth-order valence-electron chi connectivity index (χ4n) is 4.36. The number of allylic oxidation sites excluding steroid dienone is 4. The molecule has 0 unspecified atom stereocenters. The molecule has 1 fully saturated rings. The number of rotatable bonds is 3. The van der Waals surface area contributed by atoms with Crippen LogP contribution in [-0.2, 0) is 5.41 Å². The normalized spacial score (nSPS) is 20.9. The SMILES string of the molecule is COc1c(C)cc(C)cc1C1(C2C=CC=C2)CCCCC1. The molecule has 0 heterocycles. The van der Waals surface area contributed by atoms with Crippen LogP contribution >= 0.6 is 0 Å². The monoisotopic (exact) mass is 282 g/mol. The van der Waals surface area contributed by atoms with E-state index in [2.05, 4.69) is 50.3 Å². The van der Waals surface area contributed by atoms with Crippen LogP contribution in [0.4, 0.5) is 0 Å². The fourth-order valence-corrected chi connectivity index (χ4v) is 4.36. The van der Waals surface area contributed by atoms with Crippen molar-refractivity contribution in [1.82, 2.24) is 0 Å². The number of benzene rings is 1. The summed E-state index contributed by atoms with van der Waals surface area (Å²) in [6.45, 7) is 4.37. The average Bonchev–Trinajstić information content (AvgIpc) is 3.02. The van der Waals surface area contributed by atoms with Crippen LogP contribution in [-0.4, -0.2) is 7.11 Å². The molecular weight excluding hydrogens is 256 g/mol. The van der Waals surface area contributed by atoms with Crippen molar-refractivity contribution in [2.45, 2.75) is 51.4 Å². The average molecular weight is 282 g/mol. The molecule has 0 radical (unpaired) electrons. The first-order chi connectivity index (χ1) is 10.2. The first kappa shape index (κ1) is 14.4. The molecule has 0 spiro atoms. The summed E-state index contributed by atoms with van der Waals surface area (Å²) in [5.74, 6) is 1.63. The molecule has 1 saturated carbocycles. The van der Waals surface area contributed by atoms with Crippen LogP contribution in [0.25, 0.3) is 0 Å². The molecule has 0 N–H and O–H groups in total. The quantitative estimate of drug-likeness (QED) is 0.735. The van der Waals surface area contributed by atoms with E-state index in [1.165, 1.54) is 48.8 Å². The van der Waals surface area contributed by atoms with Crippen molar-refractivity contribution in [1.29, 1.82) is 0 Å². The van der Waals surface area contributed by atoms with E-state index in [4.69, 9.17) is 4.74 Å². The largest absolute Gasteiger partial charge is 0.496 e. The van der Waals surface area contributed by atoms with Crippen LogP contribution < -0.4 is 4.74 Å². The van der Waals surface area contributed by atoms with E-state index in [9.17, 15) is 0 Å². The van der Waals surface area contributed by atoms with Gasteiger partial charge in [-0.25, -0.2) is 0 Å². The molecular formula is C20H26O. The maximum atomic E-state index is 5.82. The zero-order chi connectivity index (χ0) is 14.9. The molecule has 0 aliphatic heterocycles. The van der Waals surface area contributed by atoms with E-state index >= 15 is 0 Å². The molecule has 21 heavy (non-hydrogen) atoms. The molecule has 0 bridgehead atoms. The number of ether oxygens (including phenoxy) is 1. The Labute approximate surface area is 128 Å². The maximum absolute atomic E-state index is 5.82. The summed E-state index contributed by atoms with van der Waals surface area (Å²) in [7, 11) is 1.82. The van der Waals surface area contributed by atoms with Gasteiger partial charge in [0.2, 0.25) is 0 Å². The van der Waals surface area contributed by atoms with Crippen molar-refractivity contribution < 1.29 is 4.74 Å². The van der Waals surface area contributed by atoms with Crippen LogP contribution in [0.1, 0.15) is 48.8 Å². The number of hydrogen-bond donors (Lipinski definition) is 0. The Morgan fingerprint density at radius 3 is 2.29 bits per heavy atom. The number of aryl methyl sites for hydroxylation is 2. The molecule has 2 aliphatic carbocycles. The summed E-state index contributed by atoms with van der Waals surface area (Å²) in [4.78, 5) is 0. The minimum atomic E-state index is 0.226. The second kappa shape index (κ2) is 5.71. The molecule has 1 heteroatoms. The maximum Gasteiger partial charge on any atom is 0.125 e. The van der Waals surface area contributed by atoms with Gasteiger partial charge in [0, 0.05) is 16.9 Å². The van der Waals surface area contributed by atoms with Crippen LogP contribution in [0.5, 0.6) is 5.75 Å². The molecule has 0 atom stereocenters. The van der Waals surface area contributed by atoms with Gasteiger partial charge in [-0.05, 0) is 32.3 Å². The van der Waals surface area contributed by atoms with Crippen molar-refractivity contribution in [2.75, 3.05) is 7.11 Å². The van der Waals surface area contributed by atoms with E-state index in [1.807, 2.05) is 7.11 Å². The van der Waals surface area contributed by atoms with Gasteiger partial charge in [0.15, 0.2) is 0 Å². The second-order valence-electron chi connectivity index (χ2n) is 6.68.